The third kappa shape index (κ3) is 4.04. The average molecular weight is 410 g/mol. The number of rotatable bonds is 8. The van der Waals surface area contributed by atoms with Crippen molar-refractivity contribution in [2.24, 2.45) is 5.73 Å². The summed E-state index contributed by atoms with van der Waals surface area (Å²) in [6, 6.07) is 15.7. The van der Waals surface area contributed by atoms with E-state index in [1.54, 1.807) is 0 Å². The summed E-state index contributed by atoms with van der Waals surface area (Å²) in [5, 5.41) is 11.5. The highest BCUT2D eigenvalue weighted by atomic mass is 16.6. The number of esters is 1. The lowest BCUT2D eigenvalue weighted by molar-refractivity contribution is -0.159. The molecule has 1 unspecified atom stereocenters. The summed E-state index contributed by atoms with van der Waals surface area (Å²) >= 11 is 0. The molecule has 8 nitrogen and oxygen atoms in total. The Balaban J connectivity index is 1.64. The Hall–Kier alpha value is -3.65. The van der Waals surface area contributed by atoms with Crippen molar-refractivity contribution in [2.45, 2.75) is 11.5 Å². The lowest BCUT2D eigenvalue weighted by atomic mass is 9.98. The molecule has 0 bridgehead atoms. The van der Waals surface area contributed by atoms with Crippen molar-refractivity contribution in [3.63, 3.8) is 0 Å². The van der Waals surface area contributed by atoms with Crippen molar-refractivity contribution < 1.29 is 29.0 Å². The van der Waals surface area contributed by atoms with Crippen LogP contribution in [0.2, 0.25) is 0 Å². The molecule has 0 heterocycles. The van der Waals surface area contributed by atoms with E-state index in [2.05, 4.69) is 11.9 Å². The molecule has 1 aliphatic carbocycles. The van der Waals surface area contributed by atoms with Crippen LogP contribution in [0, 0.1) is 0 Å². The van der Waals surface area contributed by atoms with Crippen molar-refractivity contribution in [1.29, 1.82) is 0 Å². The Morgan fingerprint density at radius 1 is 1.07 bits per heavy atom. The molecule has 0 fully saturated rings. The number of carboxylic acids is 1. The van der Waals surface area contributed by atoms with E-state index < -0.39 is 30.1 Å². The van der Waals surface area contributed by atoms with Crippen LogP contribution in [0.5, 0.6) is 0 Å². The third-order valence-corrected chi connectivity index (χ3v) is 4.93. The second-order valence-corrected chi connectivity index (χ2v) is 6.84. The van der Waals surface area contributed by atoms with E-state index in [-0.39, 0.29) is 19.1 Å². The summed E-state index contributed by atoms with van der Waals surface area (Å²) in [6.45, 7) is 2.54. The van der Waals surface area contributed by atoms with E-state index in [4.69, 9.17) is 15.2 Å². The Kier molecular flexibility index (Phi) is 6.17. The molecule has 2 aromatic rings. The van der Waals surface area contributed by atoms with Gasteiger partial charge in [-0.3, -0.25) is 0 Å². The summed E-state index contributed by atoms with van der Waals surface area (Å²) in [7, 11) is 0. The number of nitrogens with one attached hydrogen (secondary N) is 1. The van der Waals surface area contributed by atoms with Crippen LogP contribution in [0.25, 0.3) is 11.1 Å². The largest absolute Gasteiger partial charge is 0.479 e. The van der Waals surface area contributed by atoms with Crippen LogP contribution < -0.4 is 11.1 Å². The maximum absolute atomic E-state index is 12.2. The van der Waals surface area contributed by atoms with E-state index in [1.165, 1.54) is 6.08 Å². The van der Waals surface area contributed by atoms with Crippen LogP contribution in [0.4, 0.5) is 4.79 Å². The minimum Gasteiger partial charge on any atom is -0.479 e. The average Bonchev–Trinajstić information content (AvgIpc) is 3.08. The molecule has 1 atom stereocenters. The number of carbonyl (C=O) groups excluding carboxylic acids is 2. The van der Waals surface area contributed by atoms with Crippen molar-refractivity contribution in [3.05, 3.63) is 72.3 Å². The molecule has 0 saturated carbocycles. The van der Waals surface area contributed by atoms with E-state index in [0.717, 1.165) is 22.3 Å². The van der Waals surface area contributed by atoms with E-state index >= 15 is 0 Å². The van der Waals surface area contributed by atoms with Gasteiger partial charge in [0, 0.05) is 5.92 Å². The first-order valence-electron chi connectivity index (χ1n) is 9.27. The Labute approximate surface area is 173 Å². The van der Waals surface area contributed by atoms with Gasteiger partial charge in [0.05, 0.1) is 6.54 Å². The quantitative estimate of drug-likeness (QED) is 0.345. The highest BCUT2D eigenvalue weighted by Gasteiger charge is 2.44. The van der Waals surface area contributed by atoms with Crippen LogP contribution >= 0.6 is 0 Å². The fraction of sp³-hybridized carbons (Fsp3) is 0.227. The number of ether oxygens (including phenoxy) is 2. The summed E-state index contributed by atoms with van der Waals surface area (Å²) in [5.41, 5.74) is 7.45. The smallest absolute Gasteiger partial charge is 0.407 e. The number of amides is 1. The number of hydrogen-bond donors (Lipinski definition) is 3. The fourth-order valence-corrected chi connectivity index (χ4v) is 3.36. The highest BCUT2D eigenvalue weighted by Crippen LogP contribution is 2.44. The number of carboxylic acid groups (broad SMARTS) is 1. The van der Waals surface area contributed by atoms with Crippen LogP contribution in [0.3, 0.4) is 0 Å². The number of nitrogens with two attached hydrogens (primary N) is 1. The first kappa shape index (κ1) is 21.1. The number of fused-ring (bicyclic) bond motifs is 3. The number of alkyl carbamates (subject to hydrolysis) is 1. The summed E-state index contributed by atoms with van der Waals surface area (Å²) < 4.78 is 10.0. The zero-order valence-corrected chi connectivity index (χ0v) is 16.2. The van der Waals surface area contributed by atoms with Gasteiger partial charge in [-0.1, -0.05) is 61.2 Å². The van der Waals surface area contributed by atoms with Gasteiger partial charge in [-0.2, -0.15) is 0 Å². The molecular formula is C22H22N2O6. The monoisotopic (exact) mass is 410 g/mol. The highest BCUT2D eigenvalue weighted by molar-refractivity contribution is 6.04. The molecule has 4 N–H and O–H groups in total. The van der Waals surface area contributed by atoms with Gasteiger partial charge in [-0.25, -0.2) is 14.4 Å². The minimum absolute atomic E-state index is 0.0470. The zero-order chi connectivity index (χ0) is 21.7. The second-order valence-electron chi connectivity index (χ2n) is 6.84. The predicted molar refractivity (Wildman–Crippen MR) is 109 cm³/mol. The standard InChI is InChI=1S/C22H22N2O6/c1-2-11-29-20(27)22(23,19(25)26)13-24-21(28)30-12-18-16-9-5-3-7-14(16)15-8-4-6-10-17(15)18/h2-10,18H,1,11-13,23H2,(H,24,28)(H,25,26). The number of benzene rings is 2. The number of aliphatic carboxylic acids is 1. The van der Waals surface area contributed by atoms with E-state index in [9.17, 15) is 19.5 Å². The molecular weight excluding hydrogens is 388 g/mol. The van der Waals surface area contributed by atoms with E-state index in [1.807, 2.05) is 48.5 Å². The predicted octanol–water partition coefficient (Wildman–Crippen LogP) is 2.04. The van der Waals surface area contributed by atoms with Crippen molar-refractivity contribution >= 4 is 18.0 Å². The van der Waals surface area contributed by atoms with Gasteiger partial charge in [0.25, 0.3) is 0 Å². The van der Waals surface area contributed by atoms with Crippen LogP contribution in [0.1, 0.15) is 17.0 Å². The molecule has 0 aliphatic heterocycles. The molecule has 0 spiro atoms. The molecule has 1 aliphatic rings. The summed E-state index contributed by atoms with van der Waals surface area (Å²) in [5.74, 6) is -2.97. The first-order chi connectivity index (χ1) is 14.4. The van der Waals surface area contributed by atoms with Gasteiger partial charge in [0.15, 0.2) is 0 Å². The van der Waals surface area contributed by atoms with Gasteiger partial charge in [-0.05, 0) is 22.3 Å². The molecule has 2 aromatic carbocycles. The molecule has 0 aromatic heterocycles. The Morgan fingerprint density at radius 3 is 2.17 bits per heavy atom. The molecule has 156 valence electrons. The molecule has 0 radical (unpaired) electrons. The van der Waals surface area contributed by atoms with Crippen LogP contribution in [-0.4, -0.2) is 48.4 Å². The Morgan fingerprint density at radius 2 is 1.63 bits per heavy atom. The normalized spacial score (nSPS) is 14.0. The molecule has 30 heavy (non-hydrogen) atoms. The maximum Gasteiger partial charge on any atom is 0.407 e. The Bertz CT molecular complexity index is 944. The summed E-state index contributed by atoms with van der Waals surface area (Å²) in [6.07, 6.45) is 0.392. The third-order valence-electron chi connectivity index (χ3n) is 4.93. The van der Waals surface area contributed by atoms with Gasteiger partial charge in [-0.15, -0.1) is 0 Å². The lowest BCUT2D eigenvalue weighted by Crippen LogP contribution is -2.62. The number of carbonyl (C=O) groups is 3. The van der Waals surface area contributed by atoms with Crippen LogP contribution in [0.15, 0.2) is 61.2 Å². The summed E-state index contributed by atoms with van der Waals surface area (Å²) in [4.78, 5) is 35.6. The first-order valence-corrected chi connectivity index (χ1v) is 9.27. The minimum atomic E-state index is -2.44. The van der Waals surface area contributed by atoms with Gasteiger partial charge in [0.2, 0.25) is 5.54 Å². The SMILES string of the molecule is C=CCOC(=O)C(N)(CNC(=O)OCC1c2ccccc2-c2ccccc21)C(=O)O. The van der Waals surface area contributed by atoms with E-state index in [0.29, 0.717) is 0 Å². The van der Waals surface area contributed by atoms with Crippen molar-refractivity contribution in [1.82, 2.24) is 5.32 Å². The van der Waals surface area contributed by atoms with Crippen molar-refractivity contribution in [3.8, 4) is 11.1 Å². The van der Waals surface area contributed by atoms with Crippen LogP contribution in [-0.2, 0) is 19.1 Å². The molecule has 0 saturated heterocycles. The van der Waals surface area contributed by atoms with Gasteiger partial charge in [0.1, 0.15) is 13.2 Å². The topological polar surface area (TPSA) is 128 Å². The van der Waals surface area contributed by atoms with Gasteiger partial charge < -0.3 is 25.6 Å². The fourth-order valence-electron chi connectivity index (χ4n) is 3.36. The molecule has 1 amide bonds. The molecule has 8 heteroatoms. The number of hydrogen-bond acceptors (Lipinski definition) is 6. The van der Waals surface area contributed by atoms with Gasteiger partial charge >= 0.3 is 18.0 Å². The molecule has 3 rings (SSSR count). The lowest BCUT2D eigenvalue weighted by Gasteiger charge is -2.22. The maximum atomic E-state index is 12.2. The zero-order valence-electron chi connectivity index (χ0n) is 16.2. The van der Waals surface area contributed by atoms with Crippen molar-refractivity contribution in [2.75, 3.05) is 19.8 Å². The second kappa shape index (κ2) is 8.79.